The molecule has 0 aliphatic heterocycles. The summed E-state index contributed by atoms with van der Waals surface area (Å²) < 4.78 is 0. The second kappa shape index (κ2) is 6.85. The molecule has 2 rings (SSSR count). The Balaban J connectivity index is 1.93. The Morgan fingerprint density at radius 3 is 2.71 bits per heavy atom. The number of hydrazone groups is 1. The summed E-state index contributed by atoms with van der Waals surface area (Å²) in [7, 11) is 0. The van der Waals surface area contributed by atoms with Gasteiger partial charge in [0.2, 0.25) is 0 Å². The van der Waals surface area contributed by atoms with Crippen molar-refractivity contribution in [3.8, 4) is 5.75 Å². The first-order valence-electron chi connectivity index (χ1n) is 6.51. The van der Waals surface area contributed by atoms with E-state index in [2.05, 4.69) is 21.9 Å². The van der Waals surface area contributed by atoms with Crippen LogP contribution in [0.15, 0.2) is 47.6 Å². The first kappa shape index (κ1) is 15.0. The largest absolute Gasteiger partial charge is 0.508 e. The molecule has 0 fully saturated rings. The summed E-state index contributed by atoms with van der Waals surface area (Å²) in [6, 6.07) is 12.9. The second-order valence-corrected chi connectivity index (χ2v) is 5.15. The molecule has 21 heavy (non-hydrogen) atoms. The molecule has 4 nitrogen and oxygen atoms in total. The molecule has 0 saturated heterocycles. The van der Waals surface area contributed by atoms with Gasteiger partial charge < -0.3 is 10.4 Å². The van der Waals surface area contributed by atoms with E-state index in [1.54, 1.807) is 24.4 Å². The van der Waals surface area contributed by atoms with Gasteiger partial charge in [0.1, 0.15) is 5.75 Å². The van der Waals surface area contributed by atoms with Gasteiger partial charge in [-0.3, -0.25) is 5.43 Å². The molecule has 0 aliphatic rings. The van der Waals surface area contributed by atoms with Crippen molar-refractivity contribution in [2.75, 3.05) is 5.32 Å². The van der Waals surface area contributed by atoms with Crippen molar-refractivity contribution < 1.29 is 5.11 Å². The molecule has 108 valence electrons. The first-order valence-corrected chi connectivity index (χ1v) is 6.92. The Bertz CT molecular complexity index is 683. The third-order valence-electron chi connectivity index (χ3n) is 2.88. The van der Waals surface area contributed by atoms with Crippen LogP contribution in [0.3, 0.4) is 0 Å². The van der Waals surface area contributed by atoms with Gasteiger partial charge in [-0.15, -0.1) is 0 Å². The topological polar surface area (TPSA) is 56.7 Å². The summed E-state index contributed by atoms with van der Waals surface area (Å²) in [5.41, 5.74) is 6.82. The third-order valence-corrected chi connectivity index (χ3v) is 3.07. The minimum Gasteiger partial charge on any atom is -0.508 e. The van der Waals surface area contributed by atoms with E-state index in [4.69, 9.17) is 12.2 Å². The molecule has 2 aromatic rings. The maximum absolute atomic E-state index is 9.35. The fourth-order valence-electron chi connectivity index (χ4n) is 1.87. The fourth-order valence-corrected chi connectivity index (χ4v) is 2.04. The van der Waals surface area contributed by atoms with E-state index in [0.29, 0.717) is 5.11 Å². The lowest BCUT2D eigenvalue weighted by molar-refractivity contribution is 0.475. The number of phenols is 1. The van der Waals surface area contributed by atoms with Gasteiger partial charge in [0.25, 0.3) is 0 Å². The minimum atomic E-state index is 0.204. The summed E-state index contributed by atoms with van der Waals surface area (Å²) >= 11 is 5.18. The zero-order valence-corrected chi connectivity index (χ0v) is 12.7. The number of aromatic hydroxyl groups is 1. The molecular formula is C16H17N3OS. The normalized spacial score (nSPS) is 10.6. The van der Waals surface area contributed by atoms with Crippen molar-refractivity contribution in [2.24, 2.45) is 5.10 Å². The monoisotopic (exact) mass is 299 g/mol. The van der Waals surface area contributed by atoms with Crippen molar-refractivity contribution in [3.63, 3.8) is 0 Å². The van der Waals surface area contributed by atoms with Gasteiger partial charge in [-0.1, -0.05) is 29.8 Å². The Morgan fingerprint density at radius 2 is 2.00 bits per heavy atom. The first-order chi connectivity index (χ1) is 10.0. The molecule has 3 N–H and O–H groups in total. The Hall–Kier alpha value is -2.40. The van der Waals surface area contributed by atoms with E-state index in [0.717, 1.165) is 16.8 Å². The van der Waals surface area contributed by atoms with Gasteiger partial charge >= 0.3 is 0 Å². The second-order valence-electron chi connectivity index (χ2n) is 4.74. The number of benzene rings is 2. The van der Waals surface area contributed by atoms with E-state index >= 15 is 0 Å². The summed E-state index contributed by atoms with van der Waals surface area (Å²) in [4.78, 5) is 0. The molecule has 5 heteroatoms. The quantitative estimate of drug-likeness (QED) is 0.462. The SMILES string of the molecule is Cc1ccc(NC(=S)N/N=C/c2cccc(O)c2)c(C)c1. The molecular weight excluding hydrogens is 282 g/mol. The summed E-state index contributed by atoms with van der Waals surface area (Å²) in [5.74, 6) is 0.204. The highest BCUT2D eigenvalue weighted by molar-refractivity contribution is 7.80. The molecule has 0 bridgehead atoms. The third kappa shape index (κ3) is 4.57. The van der Waals surface area contributed by atoms with Gasteiger partial charge in [0.15, 0.2) is 5.11 Å². The van der Waals surface area contributed by atoms with Crippen LogP contribution < -0.4 is 10.7 Å². The average molecular weight is 299 g/mol. The number of nitrogens with zero attached hydrogens (tertiary/aromatic N) is 1. The maximum atomic E-state index is 9.35. The summed E-state index contributed by atoms with van der Waals surface area (Å²) in [5, 5.41) is 16.9. The van der Waals surface area contributed by atoms with Crippen molar-refractivity contribution in [3.05, 3.63) is 59.2 Å². The predicted molar refractivity (Wildman–Crippen MR) is 91.0 cm³/mol. The Kier molecular flexibility index (Phi) is 4.90. The van der Waals surface area contributed by atoms with E-state index < -0.39 is 0 Å². The predicted octanol–water partition coefficient (Wildman–Crippen LogP) is 3.33. The van der Waals surface area contributed by atoms with Gasteiger partial charge in [-0.25, -0.2) is 0 Å². The van der Waals surface area contributed by atoms with E-state index in [1.807, 2.05) is 32.0 Å². The minimum absolute atomic E-state index is 0.204. The molecule has 0 aliphatic carbocycles. The number of hydrogen-bond donors (Lipinski definition) is 3. The van der Waals surface area contributed by atoms with Crippen LogP contribution in [0.2, 0.25) is 0 Å². The molecule has 0 amide bonds. The molecule has 0 radical (unpaired) electrons. The van der Waals surface area contributed by atoms with Crippen LogP contribution in [0.4, 0.5) is 5.69 Å². The number of aryl methyl sites for hydroxylation is 2. The van der Waals surface area contributed by atoms with E-state index in [1.165, 1.54) is 5.56 Å². The summed E-state index contributed by atoms with van der Waals surface area (Å²) in [6.07, 6.45) is 1.59. The number of anilines is 1. The van der Waals surface area contributed by atoms with Gasteiger partial charge in [-0.05, 0) is 55.4 Å². The zero-order chi connectivity index (χ0) is 15.2. The van der Waals surface area contributed by atoms with Crippen LogP contribution in [0.5, 0.6) is 5.75 Å². The van der Waals surface area contributed by atoms with Crippen molar-refractivity contribution >= 4 is 29.2 Å². The molecule has 0 saturated carbocycles. The number of thiocarbonyl (C=S) groups is 1. The van der Waals surface area contributed by atoms with Crippen LogP contribution in [0, 0.1) is 13.8 Å². The number of rotatable bonds is 3. The van der Waals surface area contributed by atoms with Crippen LogP contribution in [-0.4, -0.2) is 16.4 Å². The van der Waals surface area contributed by atoms with Crippen molar-refractivity contribution in [1.29, 1.82) is 0 Å². The lowest BCUT2D eigenvalue weighted by Gasteiger charge is -2.10. The van der Waals surface area contributed by atoms with Crippen LogP contribution >= 0.6 is 12.2 Å². The number of nitrogens with one attached hydrogen (secondary N) is 2. The van der Waals surface area contributed by atoms with Crippen LogP contribution in [-0.2, 0) is 0 Å². The van der Waals surface area contributed by atoms with Crippen molar-refractivity contribution in [1.82, 2.24) is 5.43 Å². The zero-order valence-electron chi connectivity index (χ0n) is 11.9. The Labute approximate surface area is 129 Å². The van der Waals surface area contributed by atoms with Gasteiger partial charge in [0, 0.05) is 5.69 Å². The molecule has 0 atom stereocenters. The average Bonchev–Trinajstić information content (AvgIpc) is 2.42. The smallest absolute Gasteiger partial charge is 0.191 e. The lowest BCUT2D eigenvalue weighted by Crippen LogP contribution is -2.24. The lowest BCUT2D eigenvalue weighted by atomic mass is 10.1. The molecule has 0 unspecified atom stereocenters. The fraction of sp³-hybridized carbons (Fsp3) is 0.125. The molecule has 0 heterocycles. The standard InChI is InChI=1S/C16H17N3OS/c1-11-6-7-15(12(2)8-11)18-16(21)19-17-10-13-4-3-5-14(20)9-13/h3-10,20H,1-2H3,(H2,18,19,21)/b17-10+. The van der Waals surface area contributed by atoms with Crippen LogP contribution in [0.25, 0.3) is 0 Å². The Morgan fingerprint density at radius 1 is 1.19 bits per heavy atom. The van der Waals surface area contributed by atoms with Gasteiger partial charge in [-0.2, -0.15) is 5.10 Å². The van der Waals surface area contributed by atoms with E-state index in [9.17, 15) is 5.11 Å². The molecule has 0 aromatic heterocycles. The maximum Gasteiger partial charge on any atom is 0.191 e. The molecule has 0 spiro atoms. The highest BCUT2D eigenvalue weighted by Gasteiger charge is 2.00. The van der Waals surface area contributed by atoms with Crippen molar-refractivity contribution in [2.45, 2.75) is 13.8 Å². The number of hydrogen-bond acceptors (Lipinski definition) is 3. The highest BCUT2D eigenvalue weighted by atomic mass is 32.1. The van der Waals surface area contributed by atoms with E-state index in [-0.39, 0.29) is 5.75 Å². The number of phenolic OH excluding ortho intramolecular Hbond substituents is 1. The van der Waals surface area contributed by atoms with Crippen LogP contribution in [0.1, 0.15) is 16.7 Å². The van der Waals surface area contributed by atoms with Gasteiger partial charge in [0.05, 0.1) is 6.21 Å². The molecule has 2 aromatic carbocycles. The summed E-state index contributed by atoms with van der Waals surface area (Å²) in [6.45, 7) is 4.07. The highest BCUT2D eigenvalue weighted by Crippen LogP contribution is 2.15.